The van der Waals surface area contributed by atoms with Crippen molar-refractivity contribution in [2.75, 3.05) is 19.5 Å². The molecule has 1 heterocycles. The maximum Gasteiger partial charge on any atom is 0.174 e. The van der Waals surface area contributed by atoms with Gasteiger partial charge in [-0.1, -0.05) is 42.5 Å². The number of methoxy groups -OCH3 is 2. The second-order valence-electron chi connectivity index (χ2n) is 8.15. The Balaban J connectivity index is 1.37. The Hall–Kier alpha value is -2.80. The lowest BCUT2D eigenvalue weighted by Gasteiger charge is -2.37. The van der Waals surface area contributed by atoms with Crippen molar-refractivity contribution < 1.29 is 9.47 Å². The van der Waals surface area contributed by atoms with Crippen LogP contribution in [0.3, 0.4) is 0 Å². The minimum absolute atomic E-state index is 0.301. The van der Waals surface area contributed by atoms with Gasteiger partial charge in [-0.15, -0.1) is 0 Å². The van der Waals surface area contributed by atoms with Gasteiger partial charge in [0.05, 0.1) is 29.5 Å². The molecule has 3 atom stereocenters. The summed E-state index contributed by atoms with van der Waals surface area (Å²) in [7, 11) is 3.30. The number of nitrogens with zero attached hydrogens (tertiary/aromatic N) is 1. The number of allylic oxidation sites excluding steroid dienone is 2. The molecule has 0 unspecified atom stereocenters. The first-order chi connectivity index (χ1) is 15.7. The molecule has 0 fully saturated rings. The van der Waals surface area contributed by atoms with Crippen LogP contribution in [0.2, 0.25) is 0 Å². The van der Waals surface area contributed by atoms with Crippen molar-refractivity contribution in [3.63, 3.8) is 0 Å². The van der Waals surface area contributed by atoms with E-state index in [4.69, 9.17) is 9.47 Å². The minimum atomic E-state index is 0.301. The van der Waals surface area contributed by atoms with Gasteiger partial charge in [0, 0.05) is 17.8 Å². The molecule has 4 nitrogen and oxygen atoms in total. The Kier molecular flexibility index (Phi) is 5.91. The maximum absolute atomic E-state index is 5.45. The van der Waals surface area contributed by atoms with Crippen LogP contribution in [0, 0.1) is 9.49 Å². The molecular weight excluding hydrogens is 511 g/mol. The maximum atomic E-state index is 5.45. The van der Waals surface area contributed by atoms with Crippen molar-refractivity contribution in [1.82, 2.24) is 0 Å². The normalized spacial score (nSPS) is 21.2. The van der Waals surface area contributed by atoms with Crippen molar-refractivity contribution in [1.29, 1.82) is 0 Å². The molecule has 1 aliphatic heterocycles. The lowest BCUT2D eigenvalue weighted by molar-refractivity contribution is 0.353. The van der Waals surface area contributed by atoms with Crippen LogP contribution >= 0.6 is 22.6 Å². The highest BCUT2D eigenvalue weighted by Gasteiger charge is 2.37. The van der Waals surface area contributed by atoms with Crippen molar-refractivity contribution >= 4 is 40.2 Å². The van der Waals surface area contributed by atoms with Gasteiger partial charge in [0.25, 0.3) is 0 Å². The van der Waals surface area contributed by atoms with Gasteiger partial charge < -0.3 is 14.8 Å². The number of benzene rings is 3. The number of ether oxygens (including phenoxy) is 2. The van der Waals surface area contributed by atoms with E-state index in [1.807, 2.05) is 18.3 Å². The topological polar surface area (TPSA) is 42.8 Å². The molecule has 162 valence electrons. The summed E-state index contributed by atoms with van der Waals surface area (Å²) in [6.07, 6.45) is 7.68. The van der Waals surface area contributed by atoms with Gasteiger partial charge in [-0.2, -0.15) is 0 Å². The number of anilines is 1. The Morgan fingerprint density at radius 2 is 1.84 bits per heavy atom. The molecule has 3 aromatic carbocycles. The summed E-state index contributed by atoms with van der Waals surface area (Å²) in [5, 5.41) is 3.79. The molecule has 1 N–H and O–H groups in total. The Morgan fingerprint density at radius 1 is 1.03 bits per heavy atom. The van der Waals surface area contributed by atoms with Crippen LogP contribution in [0.4, 0.5) is 11.4 Å². The van der Waals surface area contributed by atoms with Crippen LogP contribution in [0.25, 0.3) is 0 Å². The smallest absolute Gasteiger partial charge is 0.174 e. The summed E-state index contributed by atoms with van der Waals surface area (Å²) in [5.41, 5.74) is 5.86. The largest absolute Gasteiger partial charge is 0.493 e. The van der Waals surface area contributed by atoms with Gasteiger partial charge in [0.15, 0.2) is 11.5 Å². The standard InChI is InChI=1S/C27H25IN2O2/c1-31-25-15-17(14-23(28)27(25)32-2)16-29-19-12-10-18(11-13-19)26-22-8-5-7-20(22)21-6-3-4-9-24(21)30-26/h3-7,9-16,20,22,26,30H,8H2,1-2H3/t20-,22+,26+/m1/s1. The monoisotopic (exact) mass is 536 g/mol. The summed E-state index contributed by atoms with van der Waals surface area (Å²) < 4.78 is 11.9. The second-order valence-corrected chi connectivity index (χ2v) is 9.31. The number of halogens is 1. The van der Waals surface area contributed by atoms with E-state index in [2.05, 4.69) is 93.6 Å². The fourth-order valence-electron chi connectivity index (χ4n) is 4.80. The molecule has 0 aromatic heterocycles. The van der Waals surface area contributed by atoms with Crippen LogP contribution in [0.1, 0.15) is 35.1 Å². The van der Waals surface area contributed by atoms with Crippen molar-refractivity contribution in [2.24, 2.45) is 10.9 Å². The molecule has 0 amide bonds. The molecule has 0 radical (unpaired) electrons. The van der Waals surface area contributed by atoms with E-state index in [9.17, 15) is 0 Å². The summed E-state index contributed by atoms with van der Waals surface area (Å²) >= 11 is 2.25. The molecule has 0 spiro atoms. The molecule has 2 aliphatic rings. The Morgan fingerprint density at radius 3 is 2.62 bits per heavy atom. The number of para-hydroxylation sites is 1. The number of aliphatic imine (C=N–C) groups is 1. The van der Waals surface area contributed by atoms with E-state index in [1.54, 1.807) is 14.2 Å². The molecule has 3 aromatic rings. The van der Waals surface area contributed by atoms with Crippen LogP contribution in [0.5, 0.6) is 11.5 Å². The third-order valence-corrected chi connectivity index (χ3v) is 7.14. The number of nitrogens with one attached hydrogen (secondary N) is 1. The lowest BCUT2D eigenvalue weighted by atomic mass is 9.77. The fraction of sp³-hybridized carbons (Fsp3) is 0.222. The molecule has 0 saturated heterocycles. The van der Waals surface area contributed by atoms with Crippen LogP contribution in [0.15, 0.2) is 77.8 Å². The number of rotatable bonds is 5. The SMILES string of the molecule is COc1cc(C=Nc2ccc([C@@H]3Nc4ccccc4[C@H]4C=CC[C@@H]43)cc2)cc(I)c1OC. The summed E-state index contributed by atoms with van der Waals surface area (Å²) in [4.78, 5) is 4.68. The predicted molar refractivity (Wildman–Crippen MR) is 139 cm³/mol. The van der Waals surface area contributed by atoms with Gasteiger partial charge in [-0.25, -0.2) is 0 Å². The molecular formula is C27H25IN2O2. The third kappa shape index (κ3) is 3.90. The van der Waals surface area contributed by atoms with Gasteiger partial charge in [-0.3, -0.25) is 4.99 Å². The average molecular weight is 536 g/mol. The van der Waals surface area contributed by atoms with Crippen molar-refractivity contribution in [2.45, 2.75) is 18.4 Å². The number of hydrogen-bond acceptors (Lipinski definition) is 4. The lowest BCUT2D eigenvalue weighted by Crippen LogP contribution is -2.28. The van der Waals surface area contributed by atoms with Gasteiger partial charge in [0.1, 0.15) is 0 Å². The van der Waals surface area contributed by atoms with Crippen LogP contribution < -0.4 is 14.8 Å². The zero-order chi connectivity index (χ0) is 22.1. The van der Waals surface area contributed by atoms with E-state index in [-0.39, 0.29) is 0 Å². The number of fused-ring (bicyclic) bond motifs is 3. The highest BCUT2D eigenvalue weighted by molar-refractivity contribution is 14.1. The summed E-state index contributed by atoms with van der Waals surface area (Å²) in [5.74, 6) is 2.49. The van der Waals surface area contributed by atoms with Crippen molar-refractivity contribution in [3.8, 4) is 11.5 Å². The molecule has 0 bridgehead atoms. The zero-order valence-corrected chi connectivity index (χ0v) is 20.2. The molecule has 32 heavy (non-hydrogen) atoms. The van der Waals surface area contributed by atoms with Crippen LogP contribution in [-0.4, -0.2) is 20.4 Å². The quantitative estimate of drug-likeness (QED) is 0.220. The van der Waals surface area contributed by atoms with E-state index in [1.165, 1.54) is 16.8 Å². The minimum Gasteiger partial charge on any atom is -0.493 e. The average Bonchev–Trinajstić information content (AvgIpc) is 3.32. The van der Waals surface area contributed by atoms with Crippen LogP contribution in [-0.2, 0) is 0 Å². The Bertz CT molecular complexity index is 1190. The fourth-order valence-corrected chi connectivity index (χ4v) is 5.65. The third-order valence-electron chi connectivity index (χ3n) is 6.34. The van der Waals surface area contributed by atoms with E-state index in [0.29, 0.717) is 23.6 Å². The molecule has 1 aliphatic carbocycles. The first kappa shape index (κ1) is 21.1. The zero-order valence-electron chi connectivity index (χ0n) is 18.1. The highest BCUT2D eigenvalue weighted by Crippen LogP contribution is 2.49. The second kappa shape index (κ2) is 8.98. The first-order valence-electron chi connectivity index (χ1n) is 10.8. The highest BCUT2D eigenvalue weighted by atomic mass is 127. The summed E-state index contributed by atoms with van der Waals surface area (Å²) in [6, 6.07) is 21.5. The van der Waals surface area contributed by atoms with Gasteiger partial charge >= 0.3 is 0 Å². The number of hydrogen-bond donors (Lipinski definition) is 1. The Labute approximate surface area is 202 Å². The van der Waals surface area contributed by atoms with Gasteiger partial charge in [0.2, 0.25) is 0 Å². The molecule has 5 rings (SSSR count). The van der Waals surface area contributed by atoms with E-state index in [0.717, 1.165) is 27.0 Å². The predicted octanol–water partition coefficient (Wildman–Crippen LogP) is 6.89. The van der Waals surface area contributed by atoms with E-state index < -0.39 is 0 Å². The van der Waals surface area contributed by atoms with Crippen molar-refractivity contribution in [3.05, 3.63) is 93.1 Å². The molecule has 0 saturated carbocycles. The first-order valence-corrected chi connectivity index (χ1v) is 11.8. The summed E-state index contributed by atoms with van der Waals surface area (Å²) in [6.45, 7) is 0. The molecule has 5 heteroatoms. The van der Waals surface area contributed by atoms with E-state index >= 15 is 0 Å². The van der Waals surface area contributed by atoms with Gasteiger partial charge in [-0.05, 0) is 82.0 Å².